The second-order valence-corrected chi connectivity index (χ2v) is 4.67. The third-order valence-corrected chi connectivity index (χ3v) is 3.29. The predicted molar refractivity (Wildman–Crippen MR) is 79.8 cm³/mol. The van der Waals surface area contributed by atoms with Crippen LogP contribution in [0.5, 0.6) is 0 Å². The highest BCUT2D eigenvalue weighted by molar-refractivity contribution is 5.93. The van der Waals surface area contributed by atoms with E-state index in [2.05, 4.69) is 5.16 Å². The standard InChI is InChI=1S/C17H15NO3/c1-2-20-16(19)11-12-7-3-4-8-13(12)17-14-9-5-6-10-15(14)21-18-17/h3-10H,2,11H2,1H3. The van der Waals surface area contributed by atoms with E-state index < -0.39 is 0 Å². The van der Waals surface area contributed by atoms with Crippen LogP contribution in [0.3, 0.4) is 0 Å². The van der Waals surface area contributed by atoms with Crippen molar-refractivity contribution in [2.24, 2.45) is 0 Å². The lowest BCUT2D eigenvalue weighted by molar-refractivity contribution is -0.142. The minimum atomic E-state index is -0.238. The quantitative estimate of drug-likeness (QED) is 0.686. The first kappa shape index (κ1) is 13.4. The predicted octanol–water partition coefficient (Wildman–Crippen LogP) is 3.60. The molecule has 4 nitrogen and oxygen atoms in total. The molecule has 3 aromatic rings. The van der Waals surface area contributed by atoms with Gasteiger partial charge in [-0.15, -0.1) is 0 Å². The lowest BCUT2D eigenvalue weighted by Gasteiger charge is -2.07. The molecule has 0 bridgehead atoms. The molecule has 21 heavy (non-hydrogen) atoms. The Bertz CT molecular complexity index is 776. The van der Waals surface area contributed by atoms with Gasteiger partial charge in [0.15, 0.2) is 5.58 Å². The molecule has 2 aromatic carbocycles. The first-order chi connectivity index (χ1) is 10.3. The van der Waals surface area contributed by atoms with E-state index in [1.807, 2.05) is 48.5 Å². The summed E-state index contributed by atoms with van der Waals surface area (Å²) >= 11 is 0. The molecule has 0 aliphatic rings. The number of esters is 1. The van der Waals surface area contributed by atoms with Crippen LogP contribution < -0.4 is 0 Å². The van der Waals surface area contributed by atoms with Crippen LogP contribution in [-0.4, -0.2) is 17.7 Å². The molecule has 0 saturated heterocycles. The Morgan fingerprint density at radius 3 is 2.76 bits per heavy atom. The highest BCUT2D eigenvalue weighted by atomic mass is 16.5. The first-order valence-corrected chi connectivity index (χ1v) is 6.88. The van der Waals surface area contributed by atoms with Crippen molar-refractivity contribution in [3.63, 3.8) is 0 Å². The third-order valence-electron chi connectivity index (χ3n) is 3.29. The number of para-hydroxylation sites is 1. The van der Waals surface area contributed by atoms with Crippen molar-refractivity contribution in [3.05, 3.63) is 54.1 Å². The first-order valence-electron chi connectivity index (χ1n) is 6.88. The number of ether oxygens (including phenoxy) is 1. The largest absolute Gasteiger partial charge is 0.466 e. The van der Waals surface area contributed by atoms with Crippen LogP contribution in [0.2, 0.25) is 0 Å². The van der Waals surface area contributed by atoms with Crippen LogP contribution >= 0.6 is 0 Å². The van der Waals surface area contributed by atoms with E-state index in [4.69, 9.17) is 9.26 Å². The summed E-state index contributed by atoms with van der Waals surface area (Å²) in [5.41, 5.74) is 3.27. The molecule has 0 aliphatic carbocycles. The Morgan fingerprint density at radius 2 is 1.90 bits per heavy atom. The summed E-state index contributed by atoms with van der Waals surface area (Å²) in [5, 5.41) is 5.09. The van der Waals surface area contributed by atoms with E-state index in [0.717, 1.165) is 27.8 Å². The Balaban J connectivity index is 2.04. The second-order valence-electron chi connectivity index (χ2n) is 4.67. The van der Waals surface area contributed by atoms with Gasteiger partial charge in [0.25, 0.3) is 0 Å². The maximum Gasteiger partial charge on any atom is 0.310 e. The molecule has 0 spiro atoms. The number of hydrogen-bond donors (Lipinski definition) is 0. The zero-order chi connectivity index (χ0) is 14.7. The van der Waals surface area contributed by atoms with Crippen LogP contribution in [0.4, 0.5) is 0 Å². The zero-order valence-electron chi connectivity index (χ0n) is 11.7. The van der Waals surface area contributed by atoms with Crippen LogP contribution in [-0.2, 0) is 16.0 Å². The molecule has 0 saturated carbocycles. The van der Waals surface area contributed by atoms with E-state index >= 15 is 0 Å². The van der Waals surface area contributed by atoms with Crippen LogP contribution in [0.15, 0.2) is 53.1 Å². The van der Waals surface area contributed by atoms with Crippen LogP contribution in [0, 0.1) is 0 Å². The fourth-order valence-corrected chi connectivity index (χ4v) is 2.35. The maximum atomic E-state index is 11.7. The van der Waals surface area contributed by atoms with Gasteiger partial charge >= 0.3 is 5.97 Å². The number of nitrogens with zero attached hydrogens (tertiary/aromatic N) is 1. The van der Waals surface area contributed by atoms with Gasteiger partial charge in [-0.05, 0) is 24.6 Å². The summed E-state index contributed by atoms with van der Waals surface area (Å²) in [5.74, 6) is -0.238. The molecular formula is C17H15NO3. The molecule has 0 unspecified atom stereocenters. The van der Waals surface area contributed by atoms with Crippen molar-refractivity contribution < 1.29 is 14.1 Å². The Labute approximate surface area is 122 Å². The number of carbonyl (C=O) groups excluding carboxylic acids is 1. The molecule has 0 radical (unpaired) electrons. The number of hydrogen-bond acceptors (Lipinski definition) is 4. The smallest absolute Gasteiger partial charge is 0.310 e. The van der Waals surface area contributed by atoms with Gasteiger partial charge in [-0.25, -0.2) is 0 Å². The molecule has 106 valence electrons. The summed E-state index contributed by atoms with van der Waals surface area (Å²) in [6, 6.07) is 15.4. The molecule has 1 heterocycles. The van der Waals surface area contributed by atoms with Gasteiger partial charge in [-0.2, -0.15) is 0 Å². The highest BCUT2D eigenvalue weighted by Crippen LogP contribution is 2.30. The zero-order valence-corrected chi connectivity index (χ0v) is 11.7. The molecule has 3 rings (SSSR count). The molecule has 0 aliphatic heterocycles. The summed E-state index contributed by atoms with van der Waals surface area (Å²) < 4.78 is 10.4. The maximum absolute atomic E-state index is 11.7. The minimum Gasteiger partial charge on any atom is -0.466 e. The Kier molecular flexibility index (Phi) is 3.69. The number of benzene rings is 2. The summed E-state index contributed by atoms with van der Waals surface area (Å²) in [4.78, 5) is 11.7. The van der Waals surface area contributed by atoms with Crippen molar-refractivity contribution in [1.29, 1.82) is 0 Å². The van der Waals surface area contributed by atoms with Gasteiger partial charge in [0.1, 0.15) is 5.69 Å². The lowest BCUT2D eigenvalue weighted by Crippen LogP contribution is -2.08. The van der Waals surface area contributed by atoms with E-state index in [-0.39, 0.29) is 12.4 Å². The van der Waals surface area contributed by atoms with Gasteiger partial charge in [-0.3, -0.25) is 4.79 Å². The average Bonchev–Trinajstić information content (AvgIpc) is 2.92. The van der Waals surface area contributed by atoms with Crippen molar-refractivity contribution in [2.45, 2.75) is 13.3 Å². The third kappa shape index (κ3) is 2.65. The van der Waals surface area contributed by atoms with Gasteiger partial charge in [0, 0.05) is 10.9 Å². The fourth-order valence-electron chi connectivity index (χ4n) is 2.35. The fraction of sp³-hybridized carbons (Fsp3) is 0.176. The van der Waals surface area contributed by atoms with Gasteiger partial charge in [0.2, 0.25) is 0 Å². The molecule has 0 atom stereocenters. The van der Waals surface area contributed by atoms with Crippen molar-refractivity contribution in [1.82, 2.24) is 5.16 Å². The van der Waals surface area contributed by atoms with Crippen molar-refractivity contribution in [3.8, 4) is 11.3 Å². The van der Waals surface area contributed by atoms with Crippen LogP contribution in [0.25, 0.3) is 22.2 Å². The normalized spacial score (nSPS) is 10.7. The van der Waals surface area contributed by atoms with Gasteiger partial charge < -0.3 is 9.26 Å². The SMILES string of the molecule is CCOC(=O)Cc1ccccc1-c1noc2ccccc12. The monoisotopic (exact) mass is 281 g/mol. The van der Waals surface area contributed by atoms with Gasteiger partial charge in [0.05, 0.1) is 13.0 Å². The Morgan fingerprint density at radius 1 is 1.14 bits per heavy atom. The van der Waals surface area contributed by atoms with Gasteiger partial charge in [-0.1, -0.05) is 41.6 Å². The van der Waals surface area contributed by atoms with E-state index in [1.54, 1.807) is 6.92 Å². The summed E-state index contributed by atoms with van der Waals surface area (Å²) in [6.07, 6.45) is 0.227. The van der Waals surface area contributed by atoms with Crippen molar-refractivity contribution in [2.75, 3.05) is 6.61 Å². The molecule has 0 N–H and O–H groups in total. The number of fused-ring (bicyclic) bond motifs is 1. The summed E-state index contributed by atoms with van der Waals surface area (Å²) in [6.45, 7) is 2.18. The number of rotatable bonds is 4. The minimum absolute atomic E-state index is 0.227. The van der Waals surface area contributed by atoms with E-state index in [9.17, 15) is 4.79 Å². The van der Waals surface area contributed by atoms with Crippen molar-refractivity contribution >= 4 is 16.9 Å². The molecule has 1 aromatic heterocycles. The molecule has 0 amide bonds. The molecule has 4 heteroatoms. The van der Waals surface area contributed by atoms with Crippen LogP contribution in [0.1, 0.15) is 12.5 Å². The topological polar surface area (TPSA) is 52.3 Å². The lowest BCUT2D eigenvalue weighted by atomic mass is 10.00. The number of aromatic nitrogens is 1. The second kappa shape index (κ2) is 5.79. The van der Waals surface area contributed by atoms with E-state index in [0.29, 0.717) is 6.61 Å². The molecular weight excluding hydrogens is 266 g/mol. The van der Waals surface area contributed by atoms with E-state index in [1.165, 1.54) is 0 Å². The highest BCUT2D eigenvalue weighted by Gasteiger charge is 2.15. The number of carbonyl (C=O) groups is 1. The molecule has 0 fully saturated rings. The average molecular weight is 281 g/mol. The summed E-state index contributed by atoms with van der Waals surface area (Å²) in [7, 11) is 0. The Hall–Kier alpha value is -2.62.